The fourth-order valence-corrected chi connectivity index (χ4v) is 3.15. The Morgan fingerprint density at radius 3 is 2.52 bits per heavy atom. The predicted molar refractivity (Wildman–Crippen MR) is 89.9 cm³/mol. The summed E-state index contributed by atoms with van der Waals surface area (Å²) in [6.07, 6.45) is 1.60. The van der Waals surface area contributed by atoms with E-state index in [1.807, 2.05) is 18.2 Å². The molecule has 0 unspecified atom stereocenters. The van der Waals surface area contributed by atoms with E-state index < -0.39 is 15.9 Å². The van der Waals surface area contributed by atoms with Crippen molar-refractivity contribution in [2.45, 2.75) is 18.0 Å². The van der Waals surface area contributed by atoms with Gasteiger partial charge in [-0.25, -0.2) is 4.39 Å². The fourth-order valence-electron chi connectivity index (χ4n) is 2.23. The minimum atomic E-state index is -4.00. The van der Waals surface area contributed by atoms with Crippen LogP contribution in [0.15, 0.2) is 76.2 Å². The smallest absolute Gasteiger partial charge is 0.339 e. The van der Waals surface area contributed by atoms with Gasteiger partial charge in [0.25, 0.3) is 0 Å². The Kier molecular flexibility index (Phi) is 5.16. The Labute approximate surface area is 145 Å². The van der Waals surface area contributed by atoms with Crippen molar-refractivity contribution in [3.05, 3.63) is 84.1 Å². The SMILES string of the molecule is O=S(=O)(Oc1cccc(CNCc2ccco2)c1)c1ccc(F)cc1. The van der Waals surface area contributed by atoms with Crippen molar-refractivity contribution < 1.29 is 21.4 Å². The van der Waals surface area contributed by atoms with Crippen LogP contribution in [0.25, 0.3) is 0 Å². The van der Waals surface area contributed by atoms with E-state index in [4.69, 9.17) is 8.60 Å². The number of rotatable bonds is 7. The highest BCUT2D eigenvalue weighted by molar-refractivity contribution is 7.87. The molecule has 1 heterocycles. The van der Waals surface area contributed by atoms with Gasteiger partial charge in [-0.2, -0.15) is 8.42 Å². The van der Waals surface area contributed by atoms with Crippen LogP contribution in [-0.4, -0.2) is 8.42 Å². The first kappa shape index (κ1) is 17.2. The summed E-state index contributed by atoms with van der Waals surface area (Å²) < 4.78 is 47.7. The van der Waals surface area contributed by atoms with Gasteiger partial charge in [0.1, 0.15) is 22.2 Å². The maximum atomic E-state index is 12.9. The summed E-state index contributed by atoms with van der Waals surface area (Å²) in [6, 6.07) is 14.9. The molecule has 0 saturated heterocycles. The molecule has 0 atom stereocenters. The third-order valence-electron chi connectivity index (χ3n) is 3.42. The van der Waals surface area contributed by atoms with Crippen LogP contribution in [0.3, 0.4) is 0 Å². The third kappa shape index (κ3) is 4.68. The topological polar surface area (TPSA) is 68.5 Å². The Morgan fingerprint density at radius 1 is 1.00 bits per heavy atom. The van der Waals surface area contributed by atoms with E-state index in [1.165, 1.54) is 12.1 Å². The van der Waals surface area contributed by atoms with Gasteiger partial charge in [0.2, 0.25) is 0 Å². The first-order valence-electron chi connectivity index (χ1n) is 7.55. The molecule has 130 valence electrons. The van der Waals surface area contributed by atoms with E-state index >= 15 is 0 Å². The molecule has 0 aliphatic carbocycles. The zero-order valence-electron chi connectivity index (χ0n) is 13.2. The molecule has 1 N–H and O–H groups in total. The summed E-state index contributed by atoms with van der Waals surface area (Å²) in [6.45, 7) is 1.08. The van der Waals surface area contributed by atoms with Gasteiger partial charge < -0.3 is 13.9 Å². The Bertz CT molecular complexity index is 922. The van der Waals surface area contributed by atoms with Crippen molar-refractivity contribution in [3.8, 4) is 5.75 Å². The van der Waals surface area contributed by atoms with Gasteiger partial charge in [0.15, 0.2) is 0 Å². The molecule has 0 radical (unpaired) electrons. The van der Waals surface area contributed by atoms with E-state index in [2.05, 4.69) is 5.32 Å². The maximum Gasteiger partial charge on any atom is 0.339 e. The fraction of sp³-hybridized carbons (Fsp3) is 0.111. The summed E-state index contributed by atoms with van der Waals surface area (Å²) in [5.74, 6) is 0.497. The monoisotopic (exact) mass is 361 g/mol. The van der Waals surface area contributed by atoms with E-state index in [-0.39, 0.29) is 10.6 Å². The quantitative estimate of drug-likeness (QED) is 0.653. The molecule has 1 aromatic heterocycles. The summed E-state index contributed by atoms with van der Waals surface area (Å²) in [5, 5.41) is 3.19. The number of halogens is 1. The molecule has 0 aliphatic rings. The number of furan rings is 1. The number of nitrogens with one attached hydrogen (secondary N) is 1. The molecule has 5 nitrogen and oxygen atoms in total. The molecule has 3 aromatic rings. The van der Waals surface area contributed by atoms with Crippen LogP contribution in [-0.2, 0) is 23.2 Å². The van der Waals surface area contributed by atoms with Crippen molar-refractivity contribution in [1.82, 2.24) is 5.32 Å². The van der Waals surface area contributed by atoms with Crippen molar-refractivity contribution in [1.29, 1.82) is 0 Å². The first-order valence-corrected chi connectivity index (χ1v) is 8.96. The molecule has 0 saturated carbocycles. The lowest BCUT2D eigenvalue weighted by Gasteiger charge is -2.09. The molecule has 2 aromatic carbocycles. The first-order chi connectivity index (χ1) is 12.0. The molecule has 0 fully saturated rings. The highest BCUT2D eigenvalue weighted by Gasteiger charge is 2.16. The number of hydrogen-bond donors (Lipinski definition) is 1. The highest BCUT2D eigenvalue weighted by atomic mass is 32.2. The lowest BCUT2D eigenvalue weighted by molar-refractivity contribution is 0.481. The lowest BCUT2D eigenvalue weighted by Crippen LogP contribution is -2.13. The van der Waals surface area contributed by atoms with Crippen LogP contribution in [0, 0.1) is 5.82 Å². The van der Waals surface area contributed by atoms with Crippen LogP contribution in [0.2, 0.25) is 0 Å². The van der Waals surface area contributed by atoms with Gasteiger partial charge in [0.05, 0.1) is 12.8 Å². The average Bonchev–Trinajstić information content (AvgIpc) is 3.09. The minimum Gasteiger partial charge on any atom is -0.468 e. The Balaban J connectivity index is 1.65. The summed E-state index contributed by atoms with van der Waals surface area (Å²) in [7, 11) is -4.00. The van der Waals surface area contributed by atoms with Crippen molar-refractivity contribution in [2.24, 2.45) is 0 Å². The van der Waals surface area contributed by atoms with Crippen molar-refractivity contribution >= 4 is 10.1 Å². The van der Waals surface area contributed by atoms with E-state index in [0.717, 1.165) is 23.5 Å². The normalized spacial score (nSPS) is 11.4. The number of benzene rings is 2. The second-order valence-electron chi connectivity index (χ2n) is 5.32. The van der Waals surface area contributed by atoms with E-state index in [9.17, 15) is 12.8 Å². The van der Waals surface area contributed by atoms with Crippen molar-refractivity contribution in [2.75, 3.05) is 0 Å². The summed E-state index contributed by atoms with van der Waals surface area (Å²) in [4.78, 5) is -0.102. The summed E-state index contributed by atoms with van der Waals surface area (Å²) in [5.41, 5.74) is 0.860. The summed E-state index contributed by atoms with van der Waals surface area (Å²) >= 11 is 0. The van der Waals surface area contributed by atoms with Gasteiger partial charge in [-0.3, -0.25) is 0 Å². The number of hydrogen-bond acceptors (Lipinski definition) is 5. The standard InChI is InChI=1S/C18H16FNO4S/c19-15-6-8-18(9-7-15)25(21,22)24-16-4-1-3-14(11-16)12-20-13-17-5-2-10-23-17/h1-11,20H,12-13H2. The molecule has 25 heavy (non-hydrogen) atoms. The second-order valence-corrected chi connectivity index (χ2v) is 6.87. The maximum absolute atomic E-state index is 12.9. The second kappa shape index (κ2) is 7.50. The lowest BCUT2D eigenvalue weighted by atomic mass is 10.2. The van der Waals surface area contributed by atoms with Gasteiger partial charge in [-0.1, -0.05) is 12.1 Å². The van der Waals surface area contributed by atoms with Crippen LogP contribution in [0.1, 0.15) is 11.3 Å². The molecule has 0 spiro atoms. The average molecular weight is 361 g/mol. The van der Waals surface area contributed by atoms with Gasteiger partial charge in [0, 0.05) is 6.54 Å². The van der Waals surface area contributed by atoms with E-state index in [1.54, 1.807) is 24.5 Å². The van der Waals surface area contributed by atoms with E-state index in [0.29, 0.717) is 13.1 Å². The third-order valence-corrected chi connectivity index (χ3v) is 4.68. The Hall–Kier alpha value is -2.64. The molecule has 0 bridgehead atoms. The van der Waals surface area contributed by atoms with Crippen molar-refractivity contribution in [3.63, 3.8) is 0 Å². The zero-order valence-corrected chi connectivity index (χ0v) is 14.0. The Morgan fingerprint density at radius 2 is 1.80 bits per heavy atom. The molecule has 0 aliphatic heterocycles. The van der Waals surface area contributed by atoms with Gasteiger partial charge in [-0.15, -0.1) is 0 Å². The van der Waals surface area contributed by atoms with Crippen LogP contribution >= 0.6 is 0 Å². The molecule has 3 rings (SSSR count). The zero-order chi connectivity index (χ0) is 17.7. The van der Waals surface area contributed by atoms with Crippen LogP contribution < -0.4 is 9.50 Å². The molecular formula is C18H16FNO4S. The van der Waals surface area contributed by atoms with Gasteiger partial charge in [-0.05, 0) is 54.1 Å². The highest BCUT2D eigenvalue weighted by Crippen LogP contribution is 2.20. The predicted octanol–water partition coefficient (Wildman–Crippen LogP) is 3.48. The van der Waals surface area contributed by atoms with Gasteiger partial charge >= 0.3 is 10.1 Å². The van der Waals surface area contributed by atoms with Crippen LogP contribution in [0.5, 0.6) is 5.75 Å². The van der Waals surface area contributed by atoms with Crippen LogP contribution in [0.4, 0.5) is 4.39 Å². The largest absolute Gasteiger partial charge is 0.468 e. The minimum absolute atomic E-state index is 0.102. The molecular weight excluding hydrogens is 345 g/mol. The molecule has 7 heteroatoms. The molecule has 0 amide bonds.